The van der Waals surface area contributed by atoms with Crippen molar-refractivity contribution in [2.75, 3.05) is 16.8 Å². The summed E-state index contributed by atoms with van der Waals surface area (Å²) in [5.41, 5.74) is 2.29. The van der Waals surface area contributed by atoms with Gasteiger partial charge >= 0.3 is 0 Å². The topological polar surface area (TPSA) is 49.4 Å². The molecule has 0 saturated carbocycles. The van der Waals surface area contributed by atoms with Gasteiger partial charge in [-0.25, -0.2) is 4.39 Å². The Morgan fingerprint density at radius 3 is 2.48 bits per heavy atom. The van der Waals surface area contributed by atoms with Crippen molar-refractivity contribution in [2.45, 2.75) is 33.1 Å². The molecular weight excluding hydrogens is 319 g/mol. The van der Waals surface area contributed by atoms with Crippen molar-refractivity contribution in [3.8, 4) is 0 Å². The second-order valence-electron chi connectivity index (χ2n) is 6.19. The van der Waals surface area contributed by atoms with Crippen LogP contribution in [-0.4, -0.2) is 18.4 Å². The van der Waals surface area contributed by atoms with Gasteiger partial charge < -0.3 is 10.2 Å². The van der Waals surface area contributed by atoms with E-state index in [-0.39, 0.29) is 30.7 Å². The second kappa shape index (κ2) is 8.42. The summed E-state index contributed by atoms with van der Waals surface area (Å²) in [7, 11) is 0. The fourth-order valence-corrected chi connectivity index (χ4v) is 2.67. The fraction of sp³-hybridized carbons (Fsp3) is 0.300. The summed E-state index contributed by atoms with van der Waals surface area (Å²) in [6.07, 6.45) is 0.128. The molecule has 0 aliphatic heterocycles. The number of carbonyl (C=O) groups is 2. The first kappa shape index (κ1) is 18.6. The first-order valence-electron chi connectivity index (χ1n) is 8.31. The maximum atomic E-state index is 13.2. The second-order valence-corrected chi connectivity index (χ2v) is 6.19. The summed E-state index contributed by atoms with van der Waals surface area (Å²) in [5.74, 6) is -0.529. The first-order chi connectivity index (χ1) is 11.9. The molecule has 5 heteroatoms. The van der Waals surface area contributed by atoms with Gasteiger partial charge in [-0.05, 0) is 35.7 Å². The number of para-hydroxylation sites is 1. The van der Waals surface area contributed by atoms with E-state index >= 15 is 0 Å². The Balaban J connectivity index is 2.08. The van der Waals surface area contributed by atoms with Gasteiger partial charge in [-0.2, -0.15) is 0 Å². The summed E-state index contributed by atoms with van der Waals surface area (Å²) in [6.45, 7) is 5.88. The minimum absolute atomic E-state index is 0.119. The summed E-state index contributed by atoms with van der Waals surface area (Å²) in [5, 5.41) is 2.65. The molecule has 0 saturated heterocycles. The van der Waals surface area contributed by atoms with Crippen LogP contribution < -0.4 is 10.2 Å². The smallest absolute Gasteiger partial charge is 0.226 e. The molecule has 0 aliphatic carbocycles. The molecule has 0 radical (unpaired) electrons. The highest BCUT2D eigenvalue weighted by molar-refractivity contribution is 5.95. The lowest BCUT2D eigenvalue weighted by atomic mass is 10.0. The van der Waals surface area contributed by atoms with Gasteiger partial charge in [0.1, 0.15) is 5.82 Å². The molecule has 1 N–H and O–H groups in total. The van der Waals surface area contributed by atoms with Gasteiger partial charge in [0.2, 0.25) is 11.8 Å². The molecule has 0 aliphatic rings. The van der Waals surface area contributed by atoms with Crippen LogP contribution in [0.5, 0.6) is 0 Å². The third-order valence-electron chi connectivity index (χ3n) is 3.90. The number of halogens is 1. The zero-order valence-electron chi connectivity index (χ0n) is 14.8. The number of hydrogen-bond donors (Lipinski definition) is 1. The Bertz CT molecular complexity index is 759. The Morgan fingerprint density at radius 2 is 1.84 bits per heavy atom. The van der Waals surface area contributed by atoms with Crippen LogP contribution in [0.4, 0.5) is 15.8 Å². The maximum Gasteiger partial charge on any atom is 0.226 e. The zero-order chi connectivity index (χ0) is 18.4. The molecule has 0 aromatic heterocycles. The van der Waals surface area contributed by atoms with Gasteiger partial charge in [0.15, 0.2) is 0 Å². The normalized spacial score (nSPS) is 10.6. The first-order valence-corrected chi connectivity index (χ1v) is 8.31. The number of amides is 2. The van der Waals surface area contributed by atoms with Crippen LogP contribution in [-0.2, 0) is 9.59 Å². The molecule has 0 fully saturated rings. The highest BCUT2D eigenvalue weighted by Gasteiger charge is 2.17. The van der Waals surface area contributed by atoms with E-state index in [0.717, 1.165) is 11.3 Å². The van der Waals surface area contributed by atoms with E-state index in [0.29, 0.717) is 5.69 Å². The van der Waals surface area contributed by atoms with E-state index < -0.39 is 5.82 Å². The van der Waals surface area contributed by atoms with Crippen molar-refractivity contribution >= 4 is 23.2 Å². The standard InChI is InChI=1S/C20H23FN2O2/c1-14(2)18-9-4-5-10-19(18)23(15(3)24)12-11-20(25)22-17-8-6-7-16(21)13-17/h4-10,13-14H,11-12H2,1-3H3,(H,22,25). The highest BCUT2D eigenvalue weighted by atomic mass is 19.1. The van der Waals surface area contributed by atoms with Gasteiger partial charge in [0.25, 0.3) is 0 Å². The Kier molecular flexibility index (Phi) is 6.28. The van der Waals surface area contributed by atoms with Gasteiger partial charge in [0.05, 0.1) is 0 Å². The van der Waals surface area contributed by atoms with E-state index in [1.165, 1.54) is 25.1 Å². The number of carbonyl (C=O) groups excluding carboxylic acids is 2. The van der Waals surface area contributed by atoms with Crippen LogP contribution >= 0.6 is 0 Å². The van der Waals surface area contributed by atoms with E-state index in [4.69, 9.17) is 0 Å². The van der Waals surface area contributed by atoms with Crippen LogP contribution in [0.25, 0.3) is 0 Å². The molecule has 0 spiro atoms. The molecule has 2 amide bonds. The molecule has 4 nitrogen and oxygen atoms in total. The lowest BCUT2D eigenvalue weighted by Gasteiger charge is -2.25. The van der Waals surface area contributed by atoms with Crippen LogP contribution in [0.2, 0.25) is 0 Å². The third kappa shape index (κ3) is 5.14. The largest absolute Gasteiger partial charge is 0.326 e. The van der Waals surface area contributed by atoms with Crippen molar-refractivity contribution in [1.29, 1.82) is 0 Å². The van der Waals surface area contributed by atoms with E-state index in [9.17, 15) is 14.0 Å². The molecule has 25 heavy (non-hydrogen) atoms. The quantitative estimate of drug-likeness (QED) is 0.849. The lowest BCUT2D eigenvalue weighted by molar-refractivity contribution is -0.117. The number of rotatable bonds is 6. The Hall–Kier alpha value is -2.69. The molecule has 2 aromatic carbocycles. The summed E-state index contributed by atoms with van der Waals surface area (Å²) >= 11 is 0. The Labute approximate surface area is 147 Å². The van der Waals surface area contributed by atoms with Crippen LogP contribution in [0.15, 0.2) is 48.5 Å². The maximum absolute atomic E-state index is 13.2. The number of benzene rings is 2. The van der Waals surface area contributed by atoms with Gasteiger partial charge in [-0.15, -0.1) is 0 Å². The highest BCUT2D eigenvalue weighted by Crippen LogP contribution is 2.27. The van der Waals surface area contributed by atoms with Crippen LogP contribution in [0.3, 0.4) is 0 Å². The predicted octanol–water partition coefficient (Wildman–Crippen LogP) is 4.33. The SMILES string of the molecule is CC(=O)N(CCC(=O)Nc1cccc(F)c1)c1ccccc1C(C)C. The number of nitrogens with zero attached hydrogens (tertiary/aromatic N) is 1. The van der Waals surface area contributed by atoms with E-state index in [2.05, 4.69) is 19.2 Å². The molecule has 0 bridgehead atoms. The zero-order valence-corrected chi connectivity index (χ0v) is 14.8. The average molecular weight is 342 g/mol. The van der Waals surface area contributed by atoms with E-state index in [1.54, 1.807) is 11.0 Å². The average Bonchev–Trinajstić information content (AvgIpc) is 2.55. The van der Waals surface area contributed by atoms with Gasteiger partial charge in [-0.1, -0.05) is 38.1 Å². The summed E-state index contributed by atoms with van der Waals surface area (Å²) in [4.78, 5) is 25.8. The summed E-state index contributed by atoms with van der Waals surface area (Å²) < 4.78 is 13.2. The van der Waals surface area contributed by atoms with Crippen molar-refractivity contribution in [3.63, 3.8) is 0 Å². The Morgan fingerprint density at radius 1 is 1.12 bits per heavy atom. The fourth-order valence-electron chi connectivity index (χ4n) is 2.67. The monoisotopic (exact) mass is 342 g/mol. The molecular formula is C20H23FN2O2. The number of anilines is 2. The molecule has 2 rings (SSSR count). The van der Waals surface area contributed by atoms with Crippen molar-refractivity contribution < 1.29 is 14.0 Å². The number of hydrogen-bond acceptors (Lipinski definition) is 2. The van der Waals surface area contributed by atoms with Gasteiger partial charge in [0, 0.05) is 31.3 Å². The third-order valence-corrected chi connectivity index (χ3v) is 3.90. The molecule has 2 aromatic rings. The molecule has 132 valence electrons. The molecule has 0 heterocycles. The van der Waals surface area contributed by atoms with Crippen molar-refractivity contribution in [3.05, 3.63) is 59.9 Å². The molecule has 0 atom stereocenters. The minimum Gasteiger partial charge on any atom is -0.326 e. The van der Waals surface area contributed by atoms with Crippen LogP contribution in [0, 0.1) is 5.82 Å². The summed E-state index contributed by atoms with van der Waals surface area (Å²) in [6, 6.07) is 13.4. The van der Waals surface area contributed by atoms with Gasteiger partial charge in [-0.3, -0.25) is 9.59 Å². The number of nitrogens with one attached hydrogen (secondary N) is 1. The minimum atomic E-state index is -0.408. The van der Waals surface area contributed by atoms with Crippen molar-refractivity contribution in [1.82, 2.24) is 0 Å². The molecule has 0 unspecified atom stereocenters. The van der Waals surface area contributed by atoms with Crippen LogP contribution in [0.1, 0.15) is 38.7 Å². The van der Waals surface area contributed by atoms with E-state index in [1.807, 2.05) is 24.3 Å². The lowest BCUT2D eigenvalue weighted by Crippen LogP contribution is -2.32. The van der Waals surface area contributed by atoms with Crippen molar-refractivity contribution in [2.24, 2.45) is 0 Å². The predicted molar refractivity (Wildman–Crippen MR) is 98.2 cm³/mol.